The molecule has 0 radical (unpaired) electrons. The van der Waals surface area contributed by atoms with E-state index in [-0.39, 0.29) is 17.3 Å². The number of rotatable bonds is 6. The molecular weight excluding hydrogens is 280 g/mol. The number of carbonyl (C=O) groups is 2. The minimum absolute atomic E-state index is 0.0437. The summed E-state index contributed by atoms with van der Waals surface area (Å²) in [6.07, 6.45) is 0. The number of hydrogen-bond acceptors (Lipinski definition) is 7. The summed E-state index contributed by atoms with van der Waals surface area (Å²) in [5.74, 6) is -0.508. The van der Waals surface area contributed by atoms with Gasteiger partial charge in [-0.1, -0.05) is 0 Å². The van der Waals surface area contributed by atoms with E-state index in [0.717, 1.165) is 11.5 Å². The number of carbonyl (C=O) groups excluding carboxylic acids is 2. The van der Waals surface area contributed by atoms with Crippen molar-refractivity contribution in [2.75, 3.05) is 31.2 Å². The van der Waals surface area contributed by atoms with Crippen molar-refractivity contribution in [3.05, 3.63) is 5.56 Å². The summed E-state index contributed by atoms with van der Waals surface area (Å²) in [5, 5.41) is 3.43. The molecule has 0 saturated carbocycles. The Morgan fingerprint density at radius 1 is 1.45 bits per heavy atom. The first-order valence-corrected chi connectivity index (χ1v) is 7.12. The fraction of sp³-hybridized carbons (Fsp3) is 0.583. The van der Waals surface area contributed by atoms with Gasteiger partial charge in [-0.15, -0.1) is 0 Å². The van der Waals surface area contributed by atoms with Crippen molar-refractivity contribution < 1.29 is 14.3 Å². The van der Waals surface area contributed by atoms with E-state index in [0.29, 0.717) is 18.1 Å². The van der Waals surface area contributed by atoms with E-state index in [1.807, 2.05) is 13.8 Å². The minimum atomic E-state index is -0.568. The molecule has 0 fully saturated rings. The molecule has 7 nitrogen and oxygen atoms in total. The summed E-state index contributed by atoms with van der Waals surface area (Å²) >= 11 is 1.03. The van der Waals surface area contributed by atoms with E-state index in [4.69, 9.17) is 5.73 Å². The van der Waals surface area contributed by atoms with Gasteiger partial charge in [0.15, 0.2) is 5.82 Å². The lowest BCUT2D eigenvalue weighted by atomic mass is 10.2. The van der Waals surface area contributed by atoms with Crippen LogP contribution in [0.4, 0.5) is 10.8 Å². The number of nitrogens with two attached hydrogens (primary N) is 1. The molecule has 1 aromatic rings. The molecule has 112 valence electrons. The van der Waals surface area contributed by atoms with E-state index in [1.165, 1.54) is 7.11 Å². The van der Waals surface area contributed by atoms with E-state index in [9.17, 15) is 9.59 Å². The van der Waals surface area contributed by atoms with Crippen molar-refractivity contribution >= 4 is 34.2 Å². The predicted molar refractivity (Wildman–Crippen MR) is 78.9 cm³/mol. The third kappa shape index (κ3) is 3.38. The number of anilines is 2. The van der Waals surface area contributed by atoms with Crippen LogP contribution < -0.4 is 11.1 Å². The first-order chi connectivity index (χ1) is 9.46. The zero-order valence-corrected chi connectivity index (χ0v) is 12.9. The molecule has 0 aliphatic rings. The van der Waals surface area contributed by atoms with Crippen molar-refractivity contribution in [2.45, 2.75) is 26.8 Å². The summed E-state index contributed by atoms with van der Waals surface area (Å²) in [6.45, 7) is 6.83. The van der Waals surface area contributed by atoms with Crippen LogP contribution in [0.15, 0.2) is 0 Å². The maximum absolute atomic E-state index is 12.2. The third-order valence-corrected chi connectivity index (χ3v) is 3.69. The number of nitrogen functional groups attached to an aromatic ring is 1. The highest BCUT2D eigenvalue weighted by atomic mass is 32.1. The van der Waals surface area contributed by atoms with Crippen molar-refractivity contribution in [1.82, 2.24) is 9.27 Å². The van der Waals surface area contributed by atoms with Gasteiger partial charge in [0, 0.05) is 13.1 Å². The molecule has 8 heteroatoms. The quantitative estimate of drug-likeness (QED) is 0.766. The monoisotopic (exact) mass is 300 g/mol. The summed E-state index contributed by atoms with van der Waals surface area (Å²) < 4.78 is 8.57. The zero-order chi connectivity index (χ0) is 15.3. The molecule has 0 saturated heterocycles. The Morgan fingerprint density at radius 2 is 2.05 bits per heavy atom. The van der Waals surface area contributed by atoms with Gasteiger partial charge >= 0.3 is 5.97 Å². The molecule has 20 heavy (non-hydrogen) atoms. The second kappa shape index (κ2) is 7.09. The number of ether oxygens (including phenoxy) is 1. The SMILES string of the molecule is CCN(CC)C(=O)C(C)Nc1snc(N)c1C(=O)OC. The van der Waals surface area contributed by atoms with E-state index in [2.05, 4.69) is 14.4 Å². The lowest BCUT2D eigenvalue weighted by Gasteiger charge is -2.23. The summed E-state index contributed by atoms with van der Waals surface area (Å²) in [5.41, 5.74) is 5.82. The van der Waals surface area contributed by atoms with Crippen molar-refractivity contribution in [2.24, 2.45) is 0 Å². The van der Waals surface area contributed by atoms with Crippen LogP contribution in [0.2, 0.25) is 0 Å². The molecule has 1 aromatic heterocycles. The second-order valence-electron chi connectivity index (χ2n) is 4.14. The van der Waals surface area contributed by atoms with Gasteiger partial charge in [0.25, 0.3) is 0 Å². The number of aromatic nitrogens is 1. The maximum atomic E-state index is 12.2. The summed E-state index contributed by atoms with van der Waals surface area (Å²) in [6, 6.07) is -0.474. The summed E-state index contributed by atoms with van der Waals surface area (Å²) in [7, 11) is 1.27. The molecule has 1 heterocycles. The Balaban J connectivity index is 2.88. The van der Waals surface area contributed by atoms with Crippen molar-refractivity contribution in [1.29, 1.82) is 0 Å². The molecule has 0 aliphatic heterocycles. The van der Waals surface area contributed by atoms with Gasteiger partial charge in [-0.3, -0.25) is 4.79 Å². The van der Waals surface area contributed by atoms with Gasteiger partial charge in [0.2, 0.25) is 5.91 Å². The number of nitrogens with one attached hydrogen (secondary N) is 1. The molecule has 0 aromatic carbocycles. The lowest BCUT2D eigenvalue weighted by Crippen LogP contribution is -2.41. The molecule has 1 atom stereocenters. The van der Waals surface area contributed by atoms with Gasteiger partial charge in [-0.25, -0.2) is 4.79 Å². The minimum Gasteiger partial charge on any atom is -0.465 e. The smallest absolute Gasteiger partial charge is 0.344 e. The van der Waals surface area contributed by atoms with Gasteiger partial charge in [0.05, 0.1) is 7.11 Å². The fourth-order valence-corrected chi connectivity index (χ4v) is 2.56. The number of hydrogen-bond donors (Lipinski definition) is 2. The lowest BCUT2D eigenvalue weighted by molar-refractivity contribution is -0.131. The largest absolute Gasteiger partial charge is 0.465 e. The molecule has 0 bridgehead atoms. The predicted octanol–water partition coefficient (Wildman–Crippen LogP) is 1.18. The molecule has 1 amide bonds. The average Bonchev–Trinajstić information content (AvgIpc) is 2.80. The molecule has 3 N–H and O–H groups in total. The number of methoxy groups -OCH3 is 1. The highest BCUT2D eigenvalue weighted by molar-refractivity contribution is 7.11. The first-order valence-electron chi connectivity index (χ1n) is 6.34. The Labute approximate surface area is 122 Å². The fourth-order valence-electron chi connectivity index (χ4n) is 1.77. The van der Waals surface area contributed by atoms with Crippen LogP contribution in [0.1, 0.15) is 31.1 Å². The first kappa shape index (κ1) is 16.2. The van der Waals surface area contributed by atoms with E-state index in [1.54, 1.807) is 11.8 Å². The second-order valence-corrected chi connectivity index (χ2v) is 4.91. The Hall–Kier alpha value is -1.83. The van der Waals surface area contributed by atoms with Gasteiger partial charge in [-0.2, -0.15) is 4.37 Å². The van der Waals surface area contributed by atoms with E-state index < -0.39 is 12.0 Å². The van der Waals surface area contributed by atoms with Crippen LogP contribution in [-0.2, 0) is 9.53 Å². The number of nitrogens with zero attached hydrogens (tertiary/aromatic N) is 2. The van der Waals surface area contributed by atoms with Crippen LogP contribution in [0, 0.1) is 0 Å². The zero-order valence-electron chi connectivity index (χ0n) is 12.1. The van der Waals surface area contributed by atoms with Gasteiger partial charge < -0.3 is 20.7 Å². The number of likely N-dealkylation sites (N-methyl/N-ethyl adjacent to an activating group) is 1. The normalized spacial score (nSPS) is 11.8. The number of esters is 1. The molecule has 0 spiro atoms. The molecule has 1 rings (SSSR count). The highest BCUT2D eigenvalue weighted by Gasteiger charge is 2.24. The van der Waals surface area contributed by atoms with Crippen LogP contribution in [0.5, 0.6) is 0 Å². The Bertz CT molecular complexity index is 485. The van der Waals surface area contributed by atoms with Crippen LogP contribution in [0.25, 0.3) is 0 Å². The van der Waals surface area contributed by atoms with Crippen LogP contribution in [-0.4, -0.2) is 47.4 Å². The van der Waals surface area contributed by atoms with Gasteiger partial charge in [-0.05, 0) is 32.3 Å². The van der Waals surface area contributed by atoms with E-state index >= 15 is 0 Å². The molecular formula is C12H20N4O3S. The molecule has 0 aliphatic carbocycles. The topological polar surface area (TPSA) is 97.5 Å². The van der Waals surface area contributed by atoms with Crippen LogP contribution in [0.3, 0.4) is 0 Å². The Morgan fingerprint density at radius 3 is 2.55 bits per heavy atom. The Kier molecular flexibility index (Phi) is 5.75. The standard InChI is InChI=1S/C12H20N4O3S/c1-5-16(6-2)11(17)7(3)14-10-8(12(18)19-4)9(13)15-20-10/h7,14H,5-6H2,1-4H3,(H2,13,15). The van der Waals surface area contributed by atoms with Gasteiger partial charge in [0.1, 0.15) is 16.6 Å². The van der Waals surface area contributed by atoms with Crippen molar-refractivity contribution in [3.8, 4) is 0 Å². The third-order valence-electron chi connectivity index (χ3n) is 2.90. The van der Waals surface area contributed by atoms with Crippen LogP contribution >= 0.6 is 11.5 Å². The average molecular weight is 300 g/mol. The van der Waals surface area contributed by atoms with Crippen molar-refractivity contribution in [3.63, 3.8) is 0 Å². The number of amides is 1. The molecule has 1 unspecified atom stereocenters. The summed E-state index contributed by atoms with van der Waals surface area (Å²) in [4.78, 5) is 25.5. The maximum Gasteiger partial charge on any atom is 0.344 e. The highest BCUT2D eigenvalue weighted by Crippen LogP contribution is 2.28.